The van der Waals surface area contributed by atoms with E-state index in [2.05, 4.69) is 11.4 Å². The van der Waals surface area contributed by atoms with E-state index in [-0.39, 0.29) is 17.9 Å². The van der Waals surface area contributed by atoms with Gasteiger partial charge >= 0.3 is 0 Å². The van der Waals surface area contributed by atoms with Crippen molar-refractivity contribution in [3.05, 3.63) is 33.8 Å². The van der Waals surface area contributed by atoms with Crippen LogP contribution in [0.25, 0.3) is 0 Å². The normalized spacial score (nSPS) is 18.5. The van der Waals surface area contributed by atoms with E-state index in [1.165, 1.54) is 37.7 Å². The molecule has 1 nitrogen and oxygen atoms in total. The van der Waals surface area contributed by atoms with E-state index in [4.69, 9.17) is 23.2 Å². The molecule has 0 atom stereocenters. The van der Waals surface area contributed by atoms with Crippen molar-refractivity contribution in [2.75, 3.05) is 7.05 Å². The monoisotopic (exact) mass is 293 g/mol. The molecule has 0 aliphatic heterocycles. The van der Waals surface area contributed by atoms with Gasteiger partial charge in [-0.15, -0.1) is 12.4 Å². The first kappa shape index (κ1) is 15.1. The molecular formula is C13H18Cl3N. The lowest BCUT2D eigenvalue weighted by Gasteiger charge is -2.38. The van der Waals surface area contributed by atoms with E-state index >= 15 is 0 Å². The van der Waals surface area contributed by atoms with Crippen LogP contribution in [-0.2, 0) is 5.54 Å². The lowest BCUT2D eigenvalue weighted by molar-refractivity contribution is 0.250. The highest BCUT2D eigenvalue weighted by molar-refractivity contribution is 6.42. The van der Waals surface area contributed by atoms with Gasteiger partial charge in [-0.3, -0.25) is 0 Å². The second-order valence-corrected chi connectivity index (χ2v) is 5.34. The van der Waals surface area contributed by atoms with Crippen molar-refractivity contribution in [3.8, 4) is 0 Å². The Hall–Kier alpha value is 0.0500. The summed E-state index contributed by atoms with van der Waals surface area (Å²) >= 11 is 12.0. The minimum atomic E-state index is 0. The van der Waals surface area contributed by atoms with Crippen molar-refractivity contribution in [2.45, 2.75) is 37.6 Å². The van der Waals surface area contributed by atoms with Crippen molar-refractivity contribution < 1.29 is 0 Å². The van der Waals surface area contributed by atoms with Gasteiger partial charge in [0.05, 0.1) is 10.0 Å². The molecule has 0 spiro atoms. The van der Waals surface area contributed by atoms with Gasteiger partial charge in [-0.1, -0.05) is 48.5 Å². The topological polar surface area (TPSA) is 12.0 Å². The molecule has 0 heterocycles. The van der Waals surface area contributed by atoms with Crippen molar-refractivity contribution >= 4 is 35.6 Å². The maximum atomic E-state index is 6.09. The van der Waals surface area contributed by atoms with Crippen LogP contribution in [0.2, 0.25) is 10.0 Å². The van der Waals surface area contributed by atoms with Crippen LogP contribution in [0.15, 0.2) is 18.2 Å². The van der Waals surface area contributed by atoms with Crippen molar-refractivity contribution in [2.24, 2.45) is 0 Å². The van der Waals surface area contributed by atoms with Gasteiger partial charge in [0, 0.05) is 5.54 Å². The molecule has 1 saturated carbocycles. The smallest absolute Gasteiger partial charge is 0.0595 e. The third-order valence-corrected chi connectivity index (χ3v) is 4.40. The quantitative estimate of drug-likeness (QED) is 0.826. The predicted molar refractivity (Wildman–Crippen MR) is 77.5 cm³/mol. The van der Waals surface area contributed by atoms with Crippen molar-refractivity contribution in [1.82, 2.24) is 5.32 Å². The number of rotatable bonds is 2. The van der Waals surface area contributed by atoms with Crippen LogP contribution in [0.3, 0.4) is 0 Å². The molecule has 1 aromatic carbocycles. The molecule has 17 heavy (non-hydrogen) atoms. The van der Waals surface area contributed by atoms with Gasteiger partial charge in [-0.05, 0) is 37.6 Å². The average Bonchev–Trinajstić information content (AvgIpc) is 2.33. The number of halogens is 3. The molecule has 96 valence electrons. The lowest BCUT2D eigenvalue weighted by Crippen LogP contribution is -2.41. The Bertz CT molecular complexity index is 373. The number of hydrogen-bond acceptors (Lipinski definition) is 1. The molecule has 2 rings (SSSR count). The second kappa shape index (κ2) is 6.29. The lowest BCUT2D eigenvalue weighted by atomic mass is 9.77. The Kier molecular flexibility index (Phi) is 5.59. The molecule has 0 unspecified atom stereocenters. The first-order valence-electron chi connectivity index (χ1n) is 5.82. The highest BCUT2D eigenvalue weighted by Gasteiger charge is 2.32. The minimum absolute atomic E-state index is 0. The fraction of sp³-hybridized carbons (Fsp3) is 0.538. The molecule has 0 bridgehead atoms. The highest BCUT2D eigenvalue weighted by atomic mass is 35.5. The van der Waals surface area contributed by atoms with Gasteiger partial charge < -0.3 is 5.32 Å². The zero-order valence-electron chi connectivity index (χ0n) is 9.93. The van der Waals surface area contributed by atoms with Crippen molar-refractivity contribution in [1.29, 1.82) is 0 Å². The molecule has 4 heteroatoms. The van der Waals surface area contributed by atoms with Gasteiger partial charge in [0.2, 0.25) is 0 Å². The highest BCUT2D eigenvalue weighted by Crippen LogP contribution is 2.38. The van der Waals surface area contributed by atoms with Gasteiger partial charge in [-0.25, -0.2) is 0 Å². The first-order valence-corrected chi connectivity index (χ1v) is 6.58. The summed E-state index contributed by atoms with van der Waals surface area (Å²) in [5.74, 6) is 0. The molecule has 1 fully saturated rings. The zero-order chi connectivity index (χ0) is 11.6. The summed E-state index contributed by atoms with van der Waals surface area (Å²) in [5, 5.41) is 4.76. The molecule has 1 N–H and O–H groups in total. The number of nitrogens with one attached hydrogen (secondary N) is 1. The van der Waals surface area contributed by atoms with Crippen LogP contribution in [-0.4, -0.2) is 7.05 Å². The van der Waals surface area contributed by atoms with Crippen LogP contribution >= 0.6 is 35.6 Å². The van der Waals surface area contributed by atoms with E-state index in [9.17, 15) is 0 Å². The van der Waals surface area contributed by atoms with E-state index in [0.717, 1.165) is 0 Å². The molecule has 1 aliphatic rings. The van der Waals surface area contributed by atoms with E-state index in [1.807, 2.05) is 19.2 Å². The predicted octanol–water partition coefficient (Wildman–Crippen LogP) is 4.79. The summed E-state index contributed by atoms with van der Waals surface area (Å²) in [6.45, 7) is 0. The average molecular weight is 295 g/mol. The van der Waals surface area contributed by atoms with Gasteiger partial charge in [0.25, 0.3) is 0 Å². The largest absolute Gasteiger partial charge is 0.310 e. The molecule has 1 aliphatic carbocycles. The minimum Gasteiger partial charge on any atom is -0.310 e. The second-order valence-electron chi connectivity index (χ2n) is 4.52. The van der Waals surface area contributed by atoms with Crippen LogP contribution in [0.4, 0.5) is 0 Å². The third kappa shape index (κ3) is 3.08. The van der Waals surface area contributed by atoms with E-state index < -0.39 is 0 Å². The Balaban J connectivity index is 0.00000144. The molecular weight excluding hydrogens is 277 g/mol. The van der Waals surface area contributed by atoms with Gasteiger partial charge in [-0.2, -0.15) is 0 Å². The zero-order valence-corrected chi connectivity index (χ0v) is 12.3. The van der Waals surface area contributed by atoms with Crippen molar-refractivity contribution in [3.63, 3.8) is 0 Å². The van der Waals surface area contributed by atoms with E-state index in [1.54, 1.807) is 0 Å². The number of hydrogen-bond donors (Lipinski definition) is 1. The fourth-order valence-corrected chi connectivity index (χ4v) is 2.93. The van der Waals surface area contributed by atoms with Gasteiger partial charge in [0.15, 0.2) is 0 Å². The van der Waals surface area contributed by atoms with E-state index in [0.29, 0.717) is 10.0 Å². The summed E-state index contributed by atoms with van der Waals surface area (Å²) in [6.07, 6.45) is 6.26. The Morgan fingerprint density at radius 2 is 1.71 bits per heavy atom. The Labute approximate surface area is 119 Å². The van der Waals surface area contributed by atoms with Gasteiger partial charge in [0.1, 0.15) is 0 Å². The number of benzene rings is 1. The molecule has 0 amide bonds. The summed E-state index contributed by atoms with van der Waals surface area (Å²) in [6, 6.07) is 5.99. The Morgan fingerprint density at radius 1 is 1.06 bits per heavy atom. The molecule has 0 saturated heterocycles. The summed E-state index contributed by atoms with van der Waals surface area (Å²) < 4.78 is 0. The third-order valence-electron chi connectivity index (χ3n) is 3.66. The van der Waals surface area contributed by atoms with Crippen LogP contribution in [0, 0.1) is 0 Å². The van der Waals surface area contributed by atoms with Crippen LogP contribution in [0.1, 0.15) is 37.7 Å². The first-order chi connectivity index (χ1) is 7.68. The Morgan fingerprint density at radius 3 is 2.24 bits per heavy atom. The van der Waals surface area contributed by atoms with Crippen LogP contribution in [0.5, 0.6) is 0 Å². The summed E-state index contributed by atoms with van der Waals surface area (Å²) in [4.78, 5) is 0. The SMILES string of the molecule is CNC1(c2ccc(Cl)c(Cl)c2)CCCCC1.Cl. The molecule has 0 aromatic heterocycles. The summed E-state index contributed by atoms with van der Waals surface area (Å²) in [5.41, 5.74) is 1.37. The molecule has 0 radical (unpaired) electrons. The standard InChI is InChI=1S/C13H17Cl2N.ClH/c1-16-13(7-3-2-4-8-13)10-5-6-11(14)12(15)9-10;/h5-6,9,16H,2-4,7-8H2,1H3;1H. The summed E-state index contributed by atoms with van der Waals surface area (Å²) in [7, 11) is 2.04. The van der Waals surface area contributed by atoms with Crippen LogP contribution < -0.4 is 5.32 Å². The maximum absolute atomic E-state index is 6.09. The fourth-order valence-electron chi connectivity index (χ4n) is 2.63. The maximum Gasteiger partial charge on any atom is 0.0595 e. The molecule has 1 aromatic rings.